The molecule has 13 rings (SSSR count). The predicted molar refractivity (Wildman–Crippen MR) is 448 cm³/mol. The number of fused-ring (bicyclic) bond motifs is 12. The average Bonchev–Trinajstić information content (AvgIpc) is 1.48. The van der Waals surface area contributed by atoms with Crippen LogP contribution < -0.4 is 4.90 Å². The molecular formula is C97H111NO2S3. The maximum Gasteiger partial charge on any atom is 0.160 e. The molecule has 7 aromatic carbocycles. The summed E-state index contributed by atoms with van der Waals surface area (Å²) in [6.07, 6.45) is 42.6. The summed E-state index contributed by atoms with van der Waals surface area (Å²) in [4.78, 5) is 34.0. The van der Waals surface area contributed by atoms with Crippen molar-refractivity contribution in [3.8, 4) is 64.7 Å². The molecule has 6 heteroatoms. The number of anilines is 3. The number of thiophene rings is 3. The van der Waals surface area contributed by atoms with Crippen LogP contribution in [0.15, 0.2) is 176 Å². The molecule has 534 valence electrons. The van der Waals surface area contributed by atoms with Crippen molar-refractivity contribution in [1.82, 2.24) is 0 Å². The van der Waals surface area contributed by atoms with Crippen molar-refractivity contribution >= 4 is 75.8 Å². The van der Waals surface area contributed by atoms with Crippen molar-refractivity contribution in [1.29, 1.82) is 0 Å². The molecule has 0 amide bonds. The minimum absolute atomic E-state index is 0.245. The predicted octanol–water partition coefficient (Wildman–Crippen LogP) is 30.8. The van der Waals surface area contributed by atoms with E-state index in [0.29, 0.717) is 0 Å². The Hall–Kier alpha value is -7.48. The van der Waals surface area contributed by atoms with Gasteiger partial charge in [0.05, 0.1) is 9.75 Å². The molecule has 3 heterocycles. The van der Waals surface area contributed by atoms with Gasteiger partial charge in [0.1, 0.15) is 0 Å². The molecule has 0 N–H and O–H groups in total. The highest BCUT2D eigenvalue weighted by molar-refractivity contribution is 7.17. The number of hydrogen-bond donors (Lipinski definition) is 0. The molecular weight excluding hydrogens is 1310 g/mol. The minimum Gasteiger partial charge on any atom is -0.311 e. The topological polar surface area (TPSA) is 37.4 Å². The molecule has 0 fully saturated rings. The van der Waals surface area contributed by atoms with E-state index in [-0.39, 0.29) is 16.2 Å². The van der Waals surface area contributed by atoms with Crippen LogP contribution in [0.5, 0.6) is 0 Å². The van der Waals surface area contributed by atoms with Crippen LogP contribution in [0.4, 0.5) is 17.1 Å². The maximum absolute atomic E-state index is 12.6. The first-order valence-electron chi connectivity index (χ1n) is 40.3. The van der Waals surface area contributed by atoms with E-state index in [2.05, 4.69) is 222 Å². The number of aldehydes is 2. The van der Waals surface area contributed by atoms with Crippen molar-refractivity contribution < 1.29 is 9.59 Å². The zero-order chi connectivity index (χ0) is 71.2. The fourth-order valence-electron chi connectivity index (χ4n) is 18.6. The molecule has 0 spiro atoms. The molecule has 0 radical (unpaired) electrons. The van der Waals surface area contributed by atoms with Crippen LogP contribution in [0.2, 0.25) is 0 Å². The molecule has 3 aliphatic rings. The molecule has 0 unspecified atom stereocenters. The Morgan fingerprint density at radius 3 is 0.903 bits per heavy atom. The molecule has 3 nitrogen and oxygen atoms in total. The number of rotatable bonds is 40. The van der Waals surface area contributed by atoms with Crippen LogP contribution in [-0.4, -0.2) is 12.6 Å². The van der Waals surface area contributed by atoms with Crippen LogP contribution in [-0.2, 0) is 16.2 Å². The fourth-order valence-corrected chi connectivity index (χ4v) is 21.2. The lowest BCUT2D eigenvalue weighted by Gasteiger charge is -2.40. The molecule has 0 aliphatic heterocycles. The fraction of sp³-hybridized carbons (Fsp3) is 0.402. The SMILES string of the molecule is CCCCCCC1(CCCCCC)c2cc(-c3ccc(C=O)s3)ccc2-c2c1c1c(c3c2C(CCCCCC)(CCCCCC)c2cc(-c4ccc(/C=C/c5ccc(N(c6ccccc6)c6ccccc6)cc5)s4)ccc2-3)C(CCCCCC)(CCCCCC)c2cc(-c3ccc(C=O)s3)ccc2-1. The van der Waals surface area contributed by atoms with Crippen LogP contribution in [0.3, 0.4) is 0 Å². The highest BCUT2D eigenvalue weighted by Gasteiger charge is 2.58. The molecule has 10 aromatic rings. The van der Waals surface area contributed by atoms with Crippen molar-refractivity contribution in [2.24, 2.45) is 0 Å². The zero-order valence-electron chi connectivity index (χ0n) is 62.8. The second-order valence-corrected chi connectivity index (χ2v) is 33.8. The van der Waals surface area contributed by atoms with Crippen LogP contribution in [0.1, 0.15) is 297 Å². The zero-order valence-corrected chi connectivity index (χ0v) is 65.2. The van der Waals surface area contributed by atoms with Gasteiger partial charge in [-0.2, -0.15) is 0 Å². The molecule has 103 heavy (non-hydrogen) atoms. The highest BCUT2D eigenvalue weighted by Crippen LogP contribution is 2.72. The van der Waals surface area contributed by atoms with Crippen molar-refractivity contribution in [2.75, 3.05) is 4.90 Å². The Bertz CT molecular complexity index is 4370. The first-order chi connectivity index (χ1) is 50.7. The molecule has 0 saturated carbocycles. The van der Waals surface area contributed by atoms with Gasteiger partial charge in [0.25, 0.3) is 0 Å². The lowest BCUT2D eigenvalue weighted by molar-refractivity contribution is 0.111. The van der Waals surface area contributed by atoms with Crippen molar-refractivity contribution in [3.63, 3.8) is 0 Å². The van der Waals surface area contributed by atoms with Crippen LogP contribution >= 0.6 is 34.0 Å². The molecule has 3 aliphatic carbocycles. The summed E-state index contributed by atoms with van der Waals surface area (Å²) in [6, 6.07) is 67.2. The Morgan fingerprint density at radius 2 is 0.602 bits per heavy atom. The third kappa shape index (κ3) is 15.1. The second kappa shape index (κ2) is 34.6. The van der Waals surface area contributed by atoms with Gasteiger partial charge in [-0.15, -0.1) is 34.0 Å². The Balaban J connectivity index is 1.08. The number of nitrogens with zero attached hydrogens (tertiary/aromatic N) is 1. The van der Waals surface area contributed by atoms with Gasteiger partial charge in [-0.05, 0) is 225 Å². The standard InChI is InChI=1S/C97H111NO2S3/c1-7-13-19-31-59-95(60-32-20-14-8-2)83-65-71(86-56-50-77(101-86)49-43-70-41-47-76(48-42-70)98(74-37-27-25-28-38-74)75-39-29-26-30-40-75)44-53-80(83)89-92(95)90-81-54-45-72(87-57-51-78(68-99)102-87)66-84(81)97(63-35-23-17-11-5,64-36-24-18-12-6)94(90)91-82-55-46-73(88-58-52-79(69-100)103-88)67-85(82)96(93(89)91,61-33-21-15-9-3)62-34-22-16-10-4/h25-30,37-58,65-69H,7-24,31-36,59-64H2,1-6H3/b49-43+. The van der Waals surface area contributed by atoms with Crippen LogP contribution in [0.25, 0.3) is 76.9 Å². The summed E-state index contributed by atoms with van der Waals surface area (Å²) >= 11 is 5.23. The number of benzene rings is 7. The lowest BCUT2D eigenvalue weighted by Crippen LogP contribution is -2.31. The van der Waals surface area contributed by atoms with Crippen LogP contribution in [0, 0.1) is 0 Å². The quantitative estimate of drug-likeness (QED) is 0.0284. The average molecular weight is 1420 g/mol. The highest BCUT2D eigenvalue weighted by atomic mass is 32.1. The number of para-hydroxylation sites is 2. The third-order valence-electron chi connectivity index (χ3n) is 23.7. The normalized spacial score (nSPS) is 14.0. The summed E-state index contributed by atoms with van der Waals surface area (Å²) in [5.41, 5.74) is 26.6. The van der Waals surface area contributed by atoms with E-state index in [9.17, 15) is 9.59 Å². The van der Waals surface area contributed by atoms with Gasteiger partial charge in [-0.1, -0.05) is 287 Å². The van der Waals surface area contributed by atoms with Gasteiger partial charge in [0.15, 0.2) is 12.6 Å². The minimum atomic E-state index is -0.251. The number of carbonyl (C=O) groups is 2. The summed E-state index contributed by atoms with van der Waals surface area (Å²) in [5, 5.41) is 0. The molecule has 0 atom stereocenters. The summed E-state index contributed by atoms with van der Waals surface area (Å²) in [7, 11) is 0. The smallest absolute Gasteiger partial charge is 0.160 e. The second-order valence-electron chi connectivity index (χ2n) is 30.4. The van der Waals surface area contributed by atoms with Gasteiger partial charge in [0.2, 0.25) is 0 Å². The summed E-state index contributed by atoms with van der Waals surface area (Å²) in [6.45, 7) is 14.3. The molecule has 0 bridgehead atoms. The first kappa shape index (κ1) is 73.8. The van der Waals surface area contributed by atoms with Crippen molar-refractivity contribution in [3.05, 3.63) is 230 Å². The largest absolute Gasteiger partial charge is 0.311 e. The van der Waals surface area contributed by atoms with E-state index in [0.717, 1.165) is 77.9 Å². The summed E-state index contributed by atoms with van der Waals surface area (Å²) < 4.78 is 0. The Kier molecular flexibility index (Phi) is 24.8. The Labute approximate surface area is 630 Å². The Morgan fingerprint density at radius 1 is 0.301 bits per heavy atom. The van der Waals surface area contributed by atoms with Gasteiger partial charge in [0, 0.05) is 52.8 Å². The van der Waals surface area contributed by atoms with E-state index in [1.54, 1.807) is 72.7 Å². The van der Waals surface area contributed by atoms with Gasteiger partial charge in [-0.3, -0.25) is 9.59 Å². The monoisotopic (exact) mass is 1420 g/mol. The van der Waals surface area contributed by atoms with Gasteiger partial charge < -0.3 is 4.90 Å². The van der Waals surface area contributed by atoms with Gasteiger partial charge >= 0.3 is 0 Å². The van der Waals surface area contributed by atoms with E-state index < -0.39 is 0 Å². The summed E-state index contributed by atoms with van der Waals surface area (Å²) in [5.74, 6) is 0. The lowest BCUT2D eigenvalue weighted by atomic mass is 9.63. The third-order valence-corrected chi connectivity index (χ3v) is 26.9. The number of hydrogen-bond acceptors (Lipinski definition) is 6. The molecule has 0 saturated heterocycles. The molecule has 3 aromatic heterocycles. The van der Waals surface area contributed by atoms with E-state index in [1.807, 2.05) is 23.5 Å². The van der Waals surface area contributed by atoms with E-state index in [4.69, 9.17) is 0 Å². The van der Waals surface area contributed by atoms with Crippen molar-refractivity contribution in [2.45, 2.75) is 250 Å². The maximum atomic E-state index is 12.6. The van der Waals surface area contributed by atoms with Gasteiger partial charge in [-0.25, -0.2) is 0 Å². The first-order valence-corrected chi connectivity index (χ1v) is 42.8. The van der Waals surface area contributed by atoms with E-state index in [1.165, 1.54) is 213 Å². The number of carbonyl (C=O) groups excluding carboxylic acids is 2. The van der Waals surface area contributed by atoms with E-state index >= 15 is 0 Å². The number of unbranched alkanes of at least 4 members (excludes halogenated alkanes) is 18.